The molecule has 4 heteroatoms. The molecule has 0 saturated heterocycles. The molecule has 4 nitrogen and oxygen atoms in total. The normalized spacial score (nSPS) is 11.1. The van der Waals surface area contributed by atoms with Gasteiger partial charge in [0.15, 0.2) is 5.82 Å². The highest BCUT2D eigenvalue weighted by Gasteiger charge is 2.20. The quantitative estimate of drug-likeness (QED) is 0.915. The monoisotopic (exact) mass is 286 g/mol. The summed E-state index contributed by atoms with van der Waals surface area (Å²) in [5, 5.41) is 4.59. The maximum absolute atomic E-state index is 6.35. The van der Waals surface area contributed by atoms with E-state index < -0.39 is 0 Å². The average molecular weight is 286 g/mol. The molecule has 114 valence electrons. The van der Waals surface area contributed by atoms with E-state index in [4.69, 9.17) is 5.73 Å². The van der Waals surface area contributed by atoms with E-state index in [9.17, 15) is 0 Å². The van der Waals surface area contributed by atoms with Crippen LogP contribution in [0.1, 0.15) is 43.5 Å². The van der Waals surface area contributed by atoms with Gasteiger partial charge >= 0.3 is 0 Å². The lowest BCUT2D eigenvalue weighted by Crippen LogP contribution is -2.25. The highest BCUT2D eigenvalue weighted by molar-refractivity contribution is 5.67. The zero-order chi connectivity index (χ0) is 15.6. The molecule has 0 bridgehead atoms. The minimum absolute atomic E-state index is 0.335. The fraction of sp³-hybridized carbons (Fsp3) is 0.471. The Morgan fingerprint density at radius 3 is 2.48 bits per heavy atom. The predicted octanol–water partition coefficient (Wildman–Crippen LogP) is 3.46. The number of nitrogen functional groups attached to an aromatic ring is 1. The molecule has 1 heterocycles. The van der Waals surface area contributed by atoms with E-state index in [0.29, 0.717) is 5.92 Å². The number of benzene rings is 1. The fourth-order valence-corrected chi connectivity index (χ4v) is 2.68. The van der Waals surface area contributed by atoms with Crippen molar-refractivity contribution in [3.63, 3.8) is 0 Å². The van der Waals surface area contributed by atoms with E-state index >= 15 is 0 Å². The smallest absolute Gasteiger partial charge is 0.150 e. The van der Waals surface area contributed by atoms with Crippen LogP contribution < -0.4 is 10.6 Å². The van der Waals surface area contributed by atoms with Crippen molar-refractivity contribution in [2.75, 3.05) is 17.2 Å². The second kappa shape index (κ2) is 6.20. The Kier molecular flexibility index (Phi) is 4.56. The third kappa shape index (κ3) is 3.04. The minimum Gasteiger partial charge on any atom is -0.394 e. The lowest BCUT2D eigenvalue weighted by Gasteiger charge is -2.24. The van der Waals surface area contributed by atoms with Crippen molar-refractivity contribution in [2.45, 2.75) is 40.2 Å². The lowest BCUT2D eigenvalue weighted by molar-refractivity contribution is 0.685. The van der Waals surface area contributed by atoms with Crippen molar-refractivity contribution in [1.29, 1.82) is 0 Å². The molecule has 0 fully saturated rings. The summed E-state index contributed by atoms with van der Waals surface area (Å²) in [5.74, 6) is 1.35. The molecular weight excluding hydrogens is 260 g/mol. The van der Waals surface area contributed by atoms with Gasteiger partial charge in [-0.25, -0.2) is 0 Å². The maximum atomic E-state index is 6.35. The van der Waals surface area contributed by atoms with Gasteiger partial charge in [0.25, 0.3) is 0 Å². The lowest BCUT2D eigenvalue weighted by atomic mass is 10.1. The summed E-state index contributed by atoms with van der Waals surface area (Å²) in [6, 6.07) is 8.48. The molecule has 1 aromatic carbocycles. The fourth-order valence-electron chi connectivity index (χ4n) is 2.68. The van der Waals surface area contributed by atoms with Crippen molar-refractivity contribution in [3.8, 4) is 0 Å². The van der Waals surface area contributed by atoms with Crippen LogP contribution in [0.5, 0.6) is 0 Å². The van der Waals surface area contributed by atoms with E-state index in [1.165, 1.54) is 11.1 Å². The topological polar surface area (TPSA) is 47.1 Å². The van der Waals surface area contributed by atoms with Gasteiger partial charge in [-0.2, -0.15) is 5.10 Å². The highest BCUT2D eigenvalue weighted by atomic mass is 15.4. The molecule has 0 unspecified atom stereocenters. The zero-order valence-corrected chi connectivity index (χ0v) is 13.7. The molecule has 0 spiro atoms. The molecule has 0 aliphatic rings. The number of nitrogens with zero attached hydrogens (tertiary/aromatic N) is 3. The van der Waals surface area contributed by atoms with Crippen molar-refractivity contribution < 1.29 is 0 Å². The summed E-state index contributed by atoms with van der Waals surface area (Å²) in [6.07, 6.45) is 0. The SMILES string of the molecule is CCN(Cc1ccccc1C)c1c(N)c(C(C)C)nn1C. The number of hydrogen-bond acceptors (Lipinski definition) is 3. The van der Waals surface area contributed by atoms with Gasteiger partial charge in [-0.3, -0.25) is 4.68 Å². The first-order valence-corrected chi connectivity index (χ1v) is 7.57. The summed E-state index contributed by atoms with van der Waals surface area (Å²) in [4.78, 5) is 2.29. The summed E-state index contributed by atoms with van der Waals surface area (Å²) >= 11 is 0. The minimum atomic E-state index is 0.335. The molecule has 0 atom stereocenters. The molecule has 21 heavy (non-hydrogen) atoms. The van der Waals surface area contributed by atoms with E-state index in [1.807, 2.05) is 11.7 Å². The van der Waals surface area contributed by atoms with Crippen molar-refractivity contribution in [1.82, 2.24) is 9.78 Å². The van der Waals surface area contributed by atoms with Gasteiger partial charge in [-0.05, 0) is 30.9 Å². The second-order valence-electron chi connectivity index (χ2n) is 5.84. The molecule has 1 aromatic heterocycles. The highest BCUT2D eigenvalue weighted by Crippen LogP contribution is 2.31. The molecule has 0 radical (unpaired) electrons. The van der Waals surface area contributed by atoms with Crippen molar-refractivity contribution in [3.05, 3.63) is 41.1 Å². The van der Waals surface area contributed by atoms with Crippen LogP contribution in [0.15, 0.2) is 24.3 Å². The standard InChI is InChI=1S/C17H26N4/c1-6-21(11-14-10-8-7-9-13(14)4)17-15(18)16(12(2)3)19-20(17)5/h7-10,12H,6,11,18H2,1-5H3. The molecule has 2 aromatic rings. The second-order valence-corrected chi connectivity index (χ2v) is 5.84. The van der Waals surface area contributed by atoms with E-state index in [2.05, 4.69) is 62.0 Å². The van der Waals surface area contributed by atoms with Crippen molar-refractivity contribution in [2.24, 2.45) is 7.05 Å². The molecule has 0 saturated carbocycles. The zero-order valence-electron chi connectivity index (χ0n) is 13.7. The largest absolute Gasteiger partial charge is 0.394 e. The Balaban J connectivity index is 2.36. The first-order valence-electron chi connectivity index (χ1n) is 7.57. The summed E-state index contributed by atoms with van der Waals surface area (Å²) in [5.41, 5.74) is 10.8. The van der Waals surface area contributed by atoms with E-state index in [1.54, 1.807) is 0 Å². The van der Waals surface area contributed by atoms with Gasteiger partial charge in [0.05, 0.1) is 11.4 Å². The Morgan fingerprint density at radius 2 is 1.95 bits per heavy atom. The van der Waals surface area contributed by atoms with E-state index in [0.717, 1.165) is 30.3 Å². The Bertz CT molecular complexity index is 613. The Morgan fingerprint density at radius 1 is 1.29 bits per heavy atom. The van der Waals surface area contributed by atoms with Crippen LogP contribution in [0.25, 0.3) is 0 Å². The van der Waals surface area contributed by atoms with Gasteiger partial charge in [0.1, 0.15) is 0 Å². The molecule has 2 N–H and O–H groups in total. The molecule has 0 amide bonds. The molecule has 2 rings (SSSR count). The van der Waals surface area contributed by atoms with Crippen LogP contribution in [0, 0.1) is 6.92 Å². The predicted molar refractivity (Wildman–Crippen MR) is 89.6 cm³/mol. The number of aryl methyl sites for hydroxylation is 2. The number of nitrogens with two attached hydrogens (primary N) is 1. The van der Waals surface area contributed by atoms with Crippen LogP contribution in [0.3, 0.4) is 0 Å². The van der Waals surface area contributed by atoms with Crippen LogP contribution >= 0.6 is 0 Å². The van der Waals surface area contributed by atoms with Gasteiger partial charge in [0, 0.05) is 20.1 Å². The van der Waals surface area contributed by atoms with Crippen LogP contribution in [0.4, 0.5) is 11.5 Å². The number of aromatic nitrogens is 2. The number of hydrogen-bond donors (Lipinski definition) is 1. The summed E-state index contributed by atoms with van der Waals surface area (Å²) in [7, 11) is 1.97. The van der Waals surface area contributed by atoms with Gasteiger partial charge < -0.3 is 10.6 Å². The maximum Gasteiger partial charge on any atom is 0.150 e. The first kappa shape index (κ1) is 15.4. The van der Waals surface area contributed by atoms with Gasteiger partial charge in [0.2, 0.25) is 0 Å². The number of rotatable bonds is 5. The van der Waals surface area contributed by atoms with Crippen LogP contribution in [-0.2, 0) is 13.6 Å². The van der Waals surface area contributed by atoms with Crippen LogP contribution in [0.2, 0.25) is 0 Å². The van der Waals surface area contributed by atoms with Crippen molar-refractivity contribution >= 4 is 11.5 Å². The molecule has 0 aliphatic carbocycles. The summed E-state index contributed by atoms with van der Waals surface area (Å²) < 4.78 is 1.91. The molecular formula is C17H26N4. The van der Waals surface area contributed by atoms with Gasteiger partial charge in [-0.1, -0.05) is 38.1 Å². The number of anilines is 2. The first-order chi connectivity index (χ1) is 9.95. The third-order valence-corrected chi connectivity index (χ3v) is 3.93. The Hall–Kier alpha value is -1.97. The van der Waals surface area contributed by atoms with Gasteiger partial charge in [-0.15, -0.1) is 0 Å². The third-order valence-electron chi connectivity index (χ3n) is 3.93. The molecule has 0 aliphatic heterocycles. The summed E-state index contributed by atoms with van der Waals surface area (Å²) in [6.45, 7) is 10.3. The van der Waals surface area contributed by atoms with E-state index in [-0.39, 0.29) is 0 Å². The van der Waals surface area contributed by atoms with Crippen LogP contribution in [-0.4, -0.2) is 16.3 Å². The average Bonchev–Trinajstić information content (AvgIpc) is 2.74. The Labute approximate surface area is 127 Å².